The second-order valence-corrected chi connectivity index (χ2v) is 11.4. The van der Waals surface area contributed by atoms with Gasteiger partial charge in [0, 0.05) is 45.8 Å². The van der Waals surface area contributed by atoms with Gasteiger partial charge >= 0.3 is 0 Å². The van der Waals surface area contributed by atoms with Gasteiger partial charge in [-0.15, -0.1) is 21.5 Å². The first-order valence-corrected chi connectivity index (χ1v) is 13.9. The van der Waals surface area contributed by atoms with Crippen molar-refractivity contribution >= 4 is 51.0 Å². The van der Waals surface area contributed by atoms with Gasteiger partial charge in [0.2, 0.25) is 11.9 Å². The summed E-state index contributed by atoms with van der Waals surface area (Å²) in [6, 6.07) is 3.71. The van der Waals surface area contributed by atoms with Gasteiger partial charge < -0.3 is 25.1 Å². The smallest absolute Gasteiger partial charge is 0.263 e. The first-order chi connectivity index (χ1) is 18.3. The lowest BCUT2D eigenvalue weighted by molar-refractivity contribution is -0.134. The van der Waals surface area contributed by atoms with E-state index in [9.17, 15) is 9.59 Å². The number of fused-ring (bicyclic) bond motifs is 1. The number of piperazine rings is 1. The molecule has 0 bridgehead atoms. The number of hydrogen-bond donors (Lipinski definition) is 2. The zero-order valence-electron chi connectivity index (χ0n) is 22.1. The van der Waals surface area contributed by atoms with E-state index in [1.54, 1.807) is 30.1 Å². The lowest BCUT2D eigenvalue weighted by atomic mass is 9.79. The molecule has 0 radical (unpaired) electrons. The second-order valence-electron chi connectivity index (χ2n) is 10.3. The van der Waals surface area contributed by atoms with Crippen LogP contribution in [0.3, 0.4) is 0 Å². The van der Waals surface area contributed by atoms with E-state index >= 15 is 0 Å². The second kappa shape index (κ2) is 11.2. The van der Waals surface area contributed by atoms with Gasteiger partial charge in [-0.05, 0) is 36.8 Å². The maximum Gasteiger partial charge on any atom is 0.263 e. The van der Waals surface area contributed by atoms with Crippen molar-refractivity contribution in [3.05, 3.63) is 28.8 Å². The normalized spacial score (nSPS) is 20.0. The lowest BCUT2D eigenvalue weighted by Gasteiger charge is -2.34. The zero-order valence-corrected chi connectivity index (χ0v) is 22.9. The Morgan fingerprint density at radius 1 is 1.11 bits per heavy atom. The van der Waals surface area contributed by atoms with Crippen LogP contribution in [-0.2, 0) is 4.79 Å². The molecule has 202 valence electrons. The molecule has 3 aromatic rings. The van der Waals surface area contributed by atoms with Gasteiger partial charge in [0.05, 0.1) is 21.3 Å². The van der Waals surface area contributed by atoms with Crippen molar-refractivity contribution < 1.29 is 14.7 Å². The SMILES string of the molecule is CC1CCC(c2c(C(=O)N(C)C)sc3cnc(Nc4ccc(N5CCN(C(=O)CO)CC5)nn4)nc23)CC1. The van der Waals surface area contributed by atoms with Crippen molar-refractivity contribution in [2.75, 3.05) is 57.1 Å². The lowest BCUT2D eigenvalue weighted by Crippen LogP contribution is -2.49. The third-order valence-electron chi connectivity index (χ3n) is 7.47. The van der Waals surface area contributed by atoms with E-state index in [0.717, 1.165) is 52.2 Å². The van der Waals surface area contributed by atoms with E-state index in [0.29, 0.717) is 49.8 Å². The number of nitrogens with zero attached hydrogens (tertiary/aromatic N) is 7. The van der Waals surface area contributed by atoms with Crippen molar-refractivity contribution in [1.29, 1.82) is 0 Å². The number of aliphatic hydroxyl groups excluding tert-OH is 1. The topological polar surface area (TPSA) is 128 Å². The molecular formula is C26H34N8O3S. The number of anilines is 3. The standard InChI is InChI=1S/C26H34N8O3S/c1-16-4-6-17(7-5-16)22-23-18(38-24(22)25(37)32(2)3)14-27-26(29-23)28-19-8-9-20(31-30-19)33-10-12-34(13-11-33)21(36)15-35/h8-9,14,16-17,35H,4-7,10-13,15H2,1-3H3,(H,27,28,29,30). The van der Waals surface area contributed by atoms with Crippen LogP contribution in [0.4, 0.5) is 17.6 Å². The van der Waals surface area contributed by atoms with Gasteiger partial charge in [-0.25, -0.2) is 9.97 Å². The molecule has 3 aromatic heterocycles. The minimum Gasteiger partial charge on any atom is -0.387 e. The number of aliphatic hydroxyl groups is 1. The summed E-state index contributed by atoms with van der Waals surface area (Å²) in [5.74, 6) is 2.45. The average Bonchev–Trinajstić information content (AvgIpc) is 3.32. The summed E-state index contributed by atoms with van der Waals surface area (Å²) in [6.07, 6.45) is 6.21. The quantitative estimate of drug-likeness (QED) is 0.487. The third-order valence-corrected chi connectivity index (χ3v) is 8.59. The Kier molecular flexibility index (Phi) is 7.70. The molecule has 1 saturated carbocycles. The Hall–Kier alpha value is -3.38. The van der Waals surface area contributed by atoms with Crippen LogP contribution in [0.25, 0.3) is 10.2 Å². The molecule has 38 heavy (non-hydrogen) atoms. The molecule has 1 saturated heterocycles. The highest BCUT2D eigenvalue weighted by atomic mass is 32.1. The molecular weight excluding hydrogens is 504 g/mol. The highest BCUT2D eigenvalue weighted by Gasteiger charge is 2.30. The maximum atomic E-state index is 13.1. The molecule has 0 spiro atoms. The van der Waals surface area contributed by atoms with Crippen LogP contribution in [0.2, 0.25) is 0 Å². The summed E-state index contributed by atoms with van der Waals surface area (Å²) in [4.78, 5) is 40.2. The zero-order chi connectivity index (χ0) is 26.8. The van der Waals surface area contributed by atoms with Gasteiger partial charge in [-0.2, -0.15) is 0 Å². The Labute approximate surface area is 225 Å². The Morgan fingerprint density at radius 2 is 1.84 bits per heavy atom. The number of rotatable bonds is 6. The summed E-state index contributed by atoms with van der Waals surface area (Å²) in [7, 11) is 3.57. The van der Waals surface area contributed by atoms with E-state index in [-0.39, 0.29) is 11.8 Å². The maximum absolute atomic E-state index is 13.1. The van der Waals surface area contributed by atoms with Gasteiger partial charge in [0.1, 0.15) is 6.61 Å². The van der Waals surface area contributed by atoms with Crippen LogP contribution >= 0.6 is 11.3 Å². The summed E-state index contributed by atoms with van der Waals surface area (Å²) < 4.78 is 0.912. The summed E-state index contributed by atoms with van der Waals surface area (Å²) in [5.41, 5.74) is 1.90. The molecule has 2 N–H and O–H groups in total. The number of amides is 2. The Morgan fingerprint density at radius 3 is 2.47 bits per heavy atom. The van der Waals surface area contributed by atoms with Crippen LogP contribution < -0.4 is 10.2 Å². The van der Waals surface area contributed by atoms with Crippen molar-refractivity contribution in [2.45, 2.75) is 38.5 Å². The van der Waals surface area contributed by atoms with Crippen LogP contribution in [0.15, 0.2) is 18.3 Å². The fourth-order valence-corrected chi connectivity index (χ4v) is 6.44. The van der Waals surface area contributed by atoms with E-state index < -0.39 is 6.61 Å². The predicted octanol–water partition coefficient (Wildman–Crippen LogP) is 2.86. The van der Waals surface area contributed by atoms with Crippen molar-refractivity contribution in [3.8, 4) is 0 Å². The molecule has 1 aliphatic heterocycles. The van der Waals surface area contributed by atoms with E-state index in [4.69, 9.17) is 10.1 Å². The van der Waals surface area contributed by atoms with Crippen molar-refractivity contribution in [2.24, 2.45) is 5.92 Å². The molecule has 5 rings (SSSR count). The van der Waals surface area contributed by atoms with Gasteiger partial charge in [-0.3, -0.25) is 9.59 Å². The van der Waals surface area contributed by atoms with Gasteiger partial charge in [-0.1, -0.05) is 19.8 Å². The van der Waals surface area contributed by atoms with Crippen LogP contribution in [0, 0.1) is 5.92 Å². The Balaban J connectivity index is 1.35. The molecule has 0 aromatic carbocycles. The summed E-state index contributed by atoms with van der Waals surface area (Å²) in [6.45, 7) is 4.16. The van der Waals surface area contributed by atoms with E-state index in [2.05, 4.69) is 32.3 Å². The molecule has 4 heterocycles. The van der Waals surface area contributed by atoms with Crippen LogP contribution in [0.5, 0.6) is 0 Å². The first-order valence-electron chi connectivity index (χ1n) is 13.1. The first kappa shape index (κ1) is 26.2. The molecule has 1 aliphatic carbocycles. The van der Waals surface area contributed by atoms with Crippen molar-refractivity contribution in [3.63, 3.8) is 0 Å². The number of nitrogens with one attached hydrogen (secondary N) is 1. The number of carbonyl (C=O) groups excluding carboxylic acids is 2. The molecule has 0 atom stereocenters. The number of aromatic nitrogens is 4. The fraction of sp³-hybridized carbons (Fsp3) is 0.538. The van der Waals surface area contributed by atoms with Gasteiger partial charge in [0.25, 0.3) is 5.91 Å². The fourth-order valence-electron chi connectivity index (χ4n) is 5.22. The van der Waals surface area contributed by atoms with Gasteiger partial charge in [0.15, 0.2) is 11.6 Å². The molecule has 0 unspecified atom stereocenters. The highest BCUT2D eigenvalue weighted by molar-refractivity contribution is 7.21. The monoisotopic (exact) mass is 538 g/mol. The number of hydrogen-bond acceptors (Lipinski definition) is 10. The third kappa shape index (κ3) is 5.41. The Bertz CT molecular complexity index is 1300. The predicted molar refractivity (Wildman–Crippen MR) is 147 cm³/mol. The number of carbonyl (C=O) groups is 2. The molecule has 2 fully saturated rings. The molecule has 11 nitrogen and oxygen atoms in total. The average molecular weight is 539 g/mol. The molecule has 2 aliphatic rings. The van der Waals surface area contributed by atoms with E-state index in [1.165, 1.54) is 11.3 Å². The van der Waals surface area contributed by atoms with Crippen molar-refractivity contribution in [1.82, 2.24) is 30.0 Å². The number of thiophene rings is 1. The molecule has 2 amide bonds. The summed E-state index contributed by atoms with van der Waals surface area (Å²) >= 11 is 1.47. The van der Waals surface area contributed by atoms with Crippen LogP contribution in [-0.4, -0.2) is 93.8 Å². The minimum absolute atomic E-state index is 0.0131. The summed E-state index contributed by atoms with van der Waals surface area (Å²) in [5, 5.41) is 20.9. The molecule has 12 heteroatoms. The highest BCUT2D eigenvalue weighted by Crippen LogP contribution is 2.43. The van der Waals surface area contributed by atoms with Crippen LogP contribution in [0.1, 0.15) is 53.8 Å². The minimum atomic E-state index is -0.464. The van der Waals surface area contributed by atoms with E-state index in [1.807, 2.05) is 12.1 Å². The largest absolute Gasteiger partial charge is 0.387 e.